The van der Waals surface area contributed by atoms with Gasteiger partial charge in [-0.2, -0.15) is 10.2 Å². The lowest BCUT2D eigenvalue weighted by Gasteiger charge is -2.03. The number of aromatic amines is 1. The molecule has 25 heavy (non-hydrogen) atoms. The van der Waals surface area contributed by atoms with Crippen LogP contribution in [0.3, 0.4) is 0 Å². The van der Waals surface area contributed by atoms with Gasteiger partial charge in [-0.1, -0.05) is 30.3 Å². The maximum absolute atomic E-state index is 12.3. The lowest BCUT2D eigenvalue weighted by Crippen LogP contribution is -2.25. The molecule has 0 saturated carbocycles. The Hall–Kier alpha value is -2.89. The average molecular weight is 337 g/mol. The minimum absolute atomic E-state index is 0.133. The van der Waals surface area contributed by atoms with Gasteiger partial charge in [0.2, 0.25) is 0 Å². The van der Waals surface area contributed by atoms with E-state index < -0.39 is 0 Å². The average Bonchev–Trinajstić information content (AvgIpc) is 3.17. The van der Waals surface area contributed by atoms with Gasteiger partial charge in [-0.3, -0.25) is 14.6 Å². The molecule has 2 aromatic heterocycles. The number of hydrogen-bond acceptors (Lipinski definition) is 3. The fourth-order valence-electron chi connectivity index (χ4n) is 2.94. The van der Waals surface area contributed by atoms with Gasteiger partial charge in [0, 0.05) is 24.8 Å². The zero-order valence-electron chi connectivity index (χ0n) is 14.8. The zero-order chi connectivity index (χ0) is 17.8. The van der Waals surface area contributed by atoms with Crippen LogP contribution in [-0.4, -0.2) is 32.4 Å². The summed E-state index contributed by atoms with van der Waals surface area (Å²) in [7, 11) is 1.90. The van der Waals surface area contributed by atoms with Crippen molar-refractivity contribution in [2.45, 2.75) is 26.7 Å². The lowest BCUT2D eigenvalue weighted by atomic mass is 10.1. The van der Waals surface area contributed by atoms with Crippen molar-refractivity contribution in [2.75, 3.05) is 6.54 Å². The van der Waals surface area contributed by atoms with E-state index in [2.05, 4.69) is 32.7 Å². The van der Waals surface area contributed by atoms with E-state index in [1.165, 1.54) is 5.56 Å². The van der Waals surface area contributed by atoms with Crippen LogP contribution in [0.2, 0.25) is 0 Å². The minimum atomic E-state index is -0.133. The van der Waals surface area contributed by atoms with Gasteiger partial charge in [0.1, 0.15) is 5.69 Å². The summed E-state index contributed by atoms with van der Waals surface area (Å²) in [5.74, 6) is -0.133. The van der Waals surface area contributed by atoms with Crippen LogP contribution >= 0.6 is 0 Å². The van der Waals surface area contributed by atoms with Gasteiger partial charge < -0.3 is 5.32 Å². The number of H-pyrrole nitrogens is 1. The molecule has 6 nitrogen and oxygen atoms in total. The molecule has 0 aliphatic rings. The molecule has 0 atom stereocenters. The molecular formula is C19H23N5O. The maximum atomic E-state index is 12.3. The number of carbonyl (C=O) groups excluding carboxylic acids is 1. The highest BCUT2D eigenvalue weighted by molar-refractivity contribution is 5.93. The van der Waals surface area contributed by atoms with E-state index in [9.17, 15) is 4.79 Å². The normalized spacial score (nSPS) is 10.8. The molecule has 130 valence electrons. The van der Waals surface area contributed by atoms with Crippen LogP contribution in [0.1, 0.15) is 33.9 Å². The van der Waals surface area contributed by atoms with E-state index >= 15 is 0 Å². The number of amides is 1. The number of nitrogens with zero attached hydrogens (tertiary/aromatic N) is 3. The number of carbonyl (C=O) groups is 1. The second kappa shape index (κ2) is 7.34. The molecule has 1 aromatic carbocycles. The molecule has 0 radical (unpaired) electrons. The second-order valence-electron chi connectivity index (χ2n) is 6.18. The van der Waals surface area contributed by atoms with E-state index in [0.29, 0.717) is 12.2 Å². The lowest BCUT2D eigenvalue weighted by molar-refractivity contribution is 0.0948. The Morgan fingerprint density at radius 3 is 2.68 bits per heavy atom. The predicted octanol–water partition coefficient (Wildman–Crippen LogP) is 2.79. The molecule has 0 unspecified atom stereocenters. The predicted molar refractivity (Wildman–Crippen MR) is 97.4 cm³/mol. The van der Waals surface area contributed by atoms with Crippen LogP contribution in [0.4, 0.5) is 0 Å². The van der Waals surface area contributed by atoms with Crippen molar-refractivity contribution in [1.82, 2.24) is 25.3 Å². The number of aryl methyl sites for hydroxylation is 3. The minimum Gasteiger partial charge on any atom is -0.351 e. The molecular weight excluding hydrogens is 314 g/mol. The number of nitrogens with one attached hydrogen (secondary N) is 2. The zero-order valence-corrected chi connectivity index (χ0v) is 14.8. The number of hydrogen-bond donors (Lipinski definition) is 2. The van der Waals surface area contributed by atoms with Crippen molar-refractivity contribution in [3.8, 4) is 11.3 Å². The maximum Gasteiger partial charge on any atom is 0.269 e. The third kappa shape index (κ3) is 3.79. The first-order valence-electron chi connectivity index (χ1n) is 8.44. The summed E-state index contributed by atoms with van der Waals surface area (Å²) in [6.45, 7) is 4.57. The van der Waals surface area contributed by atoms with Crippen molar-refractivity contribution >= 4 is 5.91 Å². The quantitative estimate of drug-likeness (QED) is 0.679. The van der Waals surface area contributed by atoms with Gasteiger partial charge in [0.15, 0.2) is 0 Å². The van der Waals surface area contributed by atoms with Crippen LogP contribution in [-0.2, 0) is 13.5 Å². The first-order valence-corrected chi connectivity index (χ1v) is 8.44. The Morgan fingerprint density at radius 2 is 2.00 bits per heavy atom. The van der Waals surface area contributed by atoms with Crippen LogP contribution in [0.25, 0.3) is 11.3 Å². The molecule has 0 aliphatic heterocycles. The van der Waals surface area contributed by atoms with Crippen LogP contribution < -0.4 is 5.32 Å². The van der Waals surface area contributed by atoms with Gasteiger partial charge in [-0.25, -0.2) is 0 Å². The Labute approximate surface area is 147 Å². The molecule has 2 N–H and O–H groups in total. The summed E-state index contributed by atoms with van der Waals surface area (Å²) in [5, 5.41) is 14.4. The molecule has 0 saturated heterocycles. The summed E-state index contributed by atoms with van der Waals surface area (Å²) < 4.78 is 1.82. The molecule has 3 aromatic rings. The first kappa shape index (κ1) is 17.0. The van der Waals surface area contributed by atoms with Crippen molar-refractivity contribution in [3.05, 3.63) is 59.0 Å². The second-order valence-corrected chi connectivity index (χ2v) is 6.18. The van der Waals surface area contributed by atoms with Crippen molar-refractivity contribution in [1.29, 1.82) is 0 Å². The van der Waals surface area contributed by atoms with E-state index in [1.54, 1.807) is 6.07 Å². The van der Waals surface area contributed by atoms with E-state index in [4.69, 9.17) is 0 Å². The summed E-state index contributed by atoms with van der Waals surface area (Å²) in [6, 6.07) is 12.0. The van der Waals surface area contributed by atoms with Crippen molar-refractivity contribution in [3.63, 3.8) is 0 Å². The molecule has 6 heteroatoms. The Morgan fingerprint density at radius 1 is 1.24 bits per heavy atom. The largest absolute Gasteiger partial charge is 0.351 e. The first-order chi connectivity index (χ1) is 12.1. The van der Waals surface area contributed by atoms with Crippen LogP contribution in [0, 0.1) is 13.8 Å². The molecule has 0 aliphatic carbocycles. The Bertz CT molecular complexity index is 863. The third-order valence-electron chi connectivity index (χ3n) is 4.36. The Kier molecular flexibility index (Phi) is 4.97. The van der Waals surface area contributed by atoms with Gasteiger partial charge >= 0.3 is 0 Å². The molecule has 3 rings (SSSR count). The Balaban J connectivity index is 1.57. The fraction of sp³-hybridized carbons (Fsp3) is 0.316. The standard InChI is InChI=1S/C19H23N5O/c1-13-18(14(2)24(3)23-13)16-12-17(22-21-16)19(25)20-11-7-10-15-8-5-4-6-9-15/h4-6,8-9,12H,7,10-11H2,1-3H3,(H,20,25)(H,21,22). The highest BCUT2D eigenvalue weighted by atomic mass is 16.1. The summed E-state index contributed by atoms with van der Waals surface area (Å²) >= 11 is 0. The molecule has 0 fully saturated rings. The topological polar surface area (TPSA) is 75.6 Å². The van der Waals surface area contributed by atoms with Crippen molar-refractivity contribution in [2.24, 2.45) is 7.05 Å². The highest BCUT2D eigenvalue weighted by Crippen LogP contribution is 2.25. The molecule has 0 bridgehead atoms. The van der Waals surface area contributed by atoms with E-state index in [0.717, 1.165) is 35.5 Å². The summed E-state index contributed by atoms with van der Waals surface area (Å²) in [4.78, 5) is 12.3. The molecule has 1 amide bonds. The van der Waals surface area contributed by atoms with Crippen molar-refractivity contribution < 1.29 is 4.79 Å². The van der Waals surface area contributed by atoms with Gasteiger partial charge in [-0.05, 0) is 38.3 Å². The smallest absolute Gasteiger partial charge is 0.269 e. The summed E-state index contributed by atoms with van der Waals surface area (Å²) in [5.41, 5.74) is 5.40. The van der Waals surface area contributed by atoms with Crippen LogP contribution in [0.5, 0.6) is 0 Å². The van der Waals surface area contributed by atoms with E-state index in [-0.39, 0.29) is 5.91 Å². The number of benzene rings is 1. The number of rotatable bonds is 6. The third-order valence-corrected chi connectivity index (χ3v) is 4.36. The van der Waals surface area contributed by atoms with Gasteiger partial charge in [-0.15, -0.1) is 0 Å². The molecule has 0 spiro atoms. The molecule has 2 heterocycles. The van der Waals surface area contributed by atoms with Gasteiger partial charge in [0.05, 0.1) is 11.4 Å². The highest BCUT2D eigenvalue weighted by Gasteiger charge is 2.16. The summed E-state index contributed by atoms with van der Waals surface area (Å²) in [6.07, 6.45) is 1.85. The fourth-order valence-corrected chi connectivity index (χ4v) is 2.94. The monoisotopic (exact) mass is 337 g/mol. The van der Waals surface area contributed by atoms with Crippen LogP contribution in [0.15, 0.2) is 36.4 Å². The van der Waals surface area contributed by atoms with E-state index in [1.807, 2.05) is 43.8 Å². The number of aromatic nitrogens is 4. The SMILES string of the molecule is Cc1nn(C)c(C)c1-c1cc(C(=O)NCCCc2ccccc2)[nH]n1. The van der Waals surface area contributed by atoms with Gasteiger partial charge in [0.25, 0.3) is 5.91 Å².